The monoisotopic (exact) mass is 299 g/mol. The van der Waals surface area contributed by atoms with Crippen LogP contribution in [-0.4, -0.2) is 48.2 Å². The van der Waals surface area contributed by atoms with Crippen molar-refractivity contribution in [2.45, 2.75) is 58.3 Å². The summed E-state index contributed by atoms with van der Waals surface area (Å²) in [6, 6.07) is 0. The van der Waals surface area contributed by atoms with Gasteiger partial charge in [0.15, 0.2) is 0 Å². The van der Waals surface area contributed by atoms with Crippen molar-refractivity contribution in [3.05, 3.63) is 0 Å². The van der Waals surface area contributed by atoms with Gasteiger partial charge in [-0.25, -0.2) is 0 Å². The van der Waals surface area contributed by atoms with Gasteiger partial charge in [-0.05, 0) is 19.3 Å². The van der Waals surface area contributed by atoms with Crippen molar-refractivity contribution >= 4 is 11.9 Å². The Kier molecular flexibility index (Phi) is 9.06. The van der Waals surface area contributed by atoms with E-state index in [9.17, 15) is 9.59 Å². The van der Waals surface area contributed by atoms with Crippen LogP contribution in [0.25, 0.3) is 0 Å². The highest BCUT2D eigenvalue weighted by molar-refractivity contribution is 5.77. The first kappa shape index (κ1) is 18.0. The molecule has 1 aliphatic rings. The average Bonchev–Trinajstić information content (AvgIpc) is 2.50. The highest BCUT2D eigenvalue weighted by Crippen LogP contribution is 2.27. The summed E-state index contributed by atoms with van der Waals surface area (Å²) in [6.45, 7) is 2.68. The molecule has 122 valence electrons. The van der Waals surface area contributed by atoms with E-state index >= 15 is 0 Å². The van der Waals surface area contributed by atoms with E-state index in [2.05, 4.69) is 0 Å². The standard InChI is InChI=1S/C16H29NO4/c1-2-21-16(20)10-11-17(12-13-18)15(19)9-8-14-6-4-3-5-7-14/h14,18H,2-13H2,1H3. The molecule has 1 fully saturated rings. The van der Waals surface area contributed by atoms with Gasteiger partial charge in [0.25, 0.3) is 0 Å². The third-order valence-electron chi connectivity index (χ3n) is 4.10. The Morgan fingerprint density at radius 1 is 1.14 bits per heavy atom. The van der Waals surface area contributed by atoms with Crippen LogP contribution in [0.3, 0.4) is 0 Å². The van der Waals surface area contributed by atoms with Gasteiger partial charge in [-0.2, -0.15) is 0 Å². The van der Waals surface area contributed by atoms with E-state index in [4.69, 9.17) is 9.84 Å². The molecular formula is C16H29NO4. The van der Waals surface area contributed by atoms with Crippen molar-refractivity contribution in [3.63, 3.8) is 0 Å². The Morgan fingerprint density at radius 2 is 1.86 bits per heavy atom. The summed E-state index contributed by atoms with van der Waals surface area (Å²) in [5.41, 5.74) is 0. The minimum absolute atomic E-state index is 0.0407. The largest absolute Gasteiger partial charge is 0.466 e. The zero-order valence-electron chi connectivity index (χ0n) is 13.2. The number of hydrogen-bond acceptors (Lipinski definition) is 4. The molecule has 1 N–H and O–H groups in total. The number of hydrogen-bond donors (Lipinski definition) is 1. The summed E-state index contributed by atoms with van der Waals surface area (Å²) in [5.74, 6) is 0.420. The molecule has 1 aliphatic carbocycles. The average molecular weight is 299 g/mol. The molecule has 0 aromatic heterocycles. The van der Waals surface area contributed by atoms with Crippen LogP contribution in [0.4, 0.5) is 0 Å². The Morgan fingerprint density at radius 3 is 2.48 bits per heavy atom. The third kappa shape index (κ3) is 7.46. The lowest BCUT2D eigenvalue weighted by Gasteiger charge is -2.24. The van der Waals surface area contributed by atoms with Crippen LogP contribution in [0, 0.1) is 5.92 Å². The number of rotatable bonds is 9. The van der Waals surface area contributed by atoms with Crippen molar-refractivity contribution < 1.29 is 19.4 Å². The summed E-state index contributed by atoms with van der Waals surface area (Å²) >= 11 is 0. The maximum atomic E-state index is 12.2. The van der Waals surface area contributed by atoms with E-state index in [0.717, 1.165) is 6.42 Å². The molecule has 0 aromatic carbocycles. The van der Waals surface area contributed by atoms with Crippen LogP contribution in [0.1, 0.15) is 58.3 Å². The molecule has 1 amide bonds. The van der Waals surface area contributed by atoms with Gasteiger partial charge in [-0.15, -0.1) is 0 Å². The number of carbonyl (C=O) groups excluding carboxylic acids is 2. The fraction of sp³-hybridized carbons (Fsp3) is 0.875. The molecule has 0 aromatic rings. The first-order valence-corrected chi connectivity index (χ1v) is 8.21. The summed E-state index contributed by atoms with van der Waals surface area (Å²) < 4.78 is 4.87. The molecule has 0 heterocycles. The van der Waals surface area contributed by atoms with Crippen LogP contribution in [0.15, 0.2) is 0 Å². The van der Waals surface area contributed by atoms with E-state index in [1.165, 1.54) is 32.1 Å². The molecule has 0 spiro atoms. The Hall–Kier alpha value is -1.10. The number of nitrogens with zero attached hydrogens (tertiary/aromatic N) is 1. The Labute approximate surface area is 127 Å². The fourth-order valence-electron chi connectivity index (χ4n) is 2.90. The maximum Gasteiger partial charge on any atom is 0.307 e. The van der Waals surface area contributed by atoms with Crippen molar-refractivity contribution in [1.82, 2.24) is 4.90 Å². The molecule has 5 nitrogen and oxygen atoms in total. The highest BCUT2D eigenvalue weighted by Gasteiger charge is 2.18. The van der Waals surface area contributed by atoms with Gasteiger partial charge in [0.1, 0.15) is 0 Å². The van der Waals surface area contributed by atoms with Gasteiger partial charge in [-0.1, -0.05) is 32.1 Å². The smallest absolute Gasteiger partial charge is 0.307 e. The molecule has 0 aliphatic heterocycles. The molecule has 0 atom stereocenters. The van der Waals surface area contributed by atoms with E-state index in [0.29, 0.717) is 32.0 Å². The van der Waals surface area contributed by atoms with Crippen LogP contribution in [-0.2, 0) is 14.3 Å². The lowest BCUT2D eigenvalue weighted by Crippen LogP contribution is -2.35. The predicted molar refractivity (Wildman–Crippen MR) is 80.7 cm³/mol. The van der Waals surface area contributed by atoms with Crippen LogP contribution < -0.4 is 0 Å². The highest BCUT2D eigenvalue weighted by atomic mass is 16.5. The topological polar surface area (TPSA) is 66.8 Å². The first-order valence-electron chi connectivity index (χ1n) is 8.21. The fourth-order valence-corrected chi connectivity index (χ4v) is 2.90. The molecule has 1 rings (SSSR count). The molecule has 0 saturated heterocycles. The number of carbonyl (C=O) groups is 2. The summed E-state index contributed by atoms with van der Waals surface area (Å²) in [4.78, 5) is 25.1. The van der Waals surface area contributed by atoms with Crippen molar-refractivity contribution in [2.75, 3.05) is 26.3 Å². The van der Waals surface area contributed by atoms with Crippen molar-refractivity contribution in [3.8, 4) is 0 Å². The van der Waals surface area contributed by atoms with Gasteiger partial charge >= 0.3 is 5.97 Å². The zero-order valence-corrected chi connectivity index (χ0v) is 13.2. The van der Waals surface area contributed by atoms with E-state index < -0.39 is 0 Å². The van der Waals surface area contributed by atoms with Gasteiger partial charge in [0, 0.05) is 19.5 Å². The minimum atomic E-state index is -0.291. The number of aliphatic hydroxyl groups is 1. The number of ether oxygens (including phenoxy) is 1. The van der Waals surface area contributed by atoms with E-state index in [1.54, 1.807) is 11.8 Å². The molecule has 0 unspecified atom stereocenters. The van der Waals surface area contributed by atoms with Crippen molar-refractivity contribution in [2.24, 2.45) is 5.92 Å². The molecule has 5 heteroatoms. The summed E-state index contributed by atoms with van der Waals surface area (Å²) in [5, 5.41) is 9.06. The van der Waals surface area contributed by atoms with Gasteiger partial charge in [0.2, 0.25) is 5.91 Å². The predicted octanol–water partition coefficient (Wildman–Crippen LogP) is 2.12. The van der Waals surface area contributed by atoms with Crippen LogP contribution in [0.5, 0.6) is 0 Å². The third-order valence-corrected chi connectivity index (χ3v) is 4.10. The number of esters is 1. The normalized spacial score (nSPS) is 15.7. The maximum absolute atomic E-state index is 12.2. The van der Waals surface area contributed by atoms with Crippen molar-refractivity contribution in [1.29, 1.82) is 0 Å². The second-order valence-electron chi connectivity index (χ2n) is 5.70. The lowest BCUT2D eigenvalue weighted by atomic mass is 9.86. The molecule has 0 bridgehead atoms. The van der Waals surface area contributed by atoms with E-state index in [1.807, 2.05) is 0 Å². The number of aliphatic hydroxyl groups excluding tert-OH is 1. The first-order chi connectivity index (χ1) is 10.2. The van der Waals surface area contributed by atoms with Crippen LogP contribution in [0.2, 0.25) is 0 Å². The van der Waals surface area contributed by atoms with Gasteiger partial charge in [-0.3, -0.25) is 9.59 Å². The molecule has 0 radical (unpaired) electrons. The van der Waals surface area contributed by atoms with Gasteiger partial charge in [0.05, 0.1) is 19.6 Å². The second-order valence-corrected chi connectivity index (χ2v) is 5.70. The quantitative estimate of drug-likeness (QED) is 0.662. The van der Waals surface area contributed by atoms with Crippen LogP contribution >= 0.6 is 0 Å². The van der Waals surface area contributed by atoms with Gasteiger partial charge < -0.3 is 14.7 Å². The SMILES string of the molecule is CCOC(=O)CCN(CCO)C(=O)CCC1CCCCC1. The zero-order chi connectivity index (χ0) is 15.5. The minimum Gasteiger partial charge on any atom is -0.466 e. The summed E-state index contributed by atoms with van der Waals surface area (Å²) in [6.07, 6.45) is 7.99. The van der Waals surface area contributed by atoms with E-state index in [-0.39, 0.29) is 24.9 Å². The summed E-state index contributed by atoms with van der Waals surface area (Å²) in [7, 11) is 0. The molecule has 1 saturated carbocycles. The molecule has 21 heavy (non-hydrogen) atoms. The second kappa shape index (κ2) is 10.6. The number of amides is 1. The lowest BCUT2D eigenvalue weighted by molar-refractivity contribution is -0.144. The Balaban J connectivity index is 2.31. The molecular weight excluding hydrogens is 270 g/mol. The Bertz CT molecular complexity index is 313.